The normalized spacial score (nSPS) is 24.6. The zero-order valence-electron chi connectivity index (χ0n) is 17.8. The van der Waals surface area contributed by atoms with Gasteiger partial charge in [-0.2, -0.15) is 0 Å². The Balaban J connectivity index is 1.42. The minimum absolute atomic E-state index is 0.287. The second-order valence-corrected chi connectivity index (χ2v) is 8.34. The first-order valence-corrected chi connectivity index (χ1v) is 10.5. The summed E-state index contributed by atoms with van der Waals surface area (Å²) in [5, 5.41) is 2.44. The molecule has 4 rings (SSSR count). The number of hydrogen-bond acceptors (Lipinski definition) is 6. The molecule has 8 heteroatoms. The summed E-state index contributed by atoms with van der Waals surface area (Å²) in [6.07, 6.45) is 0.553. The molecule has 2 fully saturated rings. The SMILES string of the molecule is C=C(C)CN1C(N2CCN(CCc3ccccc3)CC2)=NC2C1C(=O)NC(=O)N2C. The van der Waals surface area contributed by atoms with Crippen LogP contribution in [0.1, 0.15) is 12.5 Å². The maximum atomic E-state index is 12.6. The van der Waals surface area contributed by atoms with Crippen molar-refractivity contribution in [3.05, 3.63) is 48.0 Å². The number of fused-ring (bicyclic) bond motifs is 1. The molecule has 1 aromatic carbocycles. The number of hydrogen-bond donors (Lipinski definition) is 1. The average molecular weight is 411 g/mol. The minimum Gasteiger partial charge on any atom is -0.340 e. The molecule has 0 aromatic heterocycles. The second-order valence-electron chi connectivity index (χ2n) is 8.34. The number of nitrogens with one attached hydrogen (secondary N) is 1. The highest BCUT2D eigenvalue weighted by Gasteiger charge is 2.49. The molecule has 30 heavy (non-hydrogen) atoms. The van der Waals surface area contributed by atoms with Gasteiger partial charge in [-0.3, -0.25) is 15.0 Å². The van der Waals surface area contributed by atoms with E-state index in [4.69, 9.17) is 4.99 Å². The molecule has 1 aromatic rings. The van der Waals surface area contributed by atoms with E-state index in [1.165, 1.54) is 10.5 Å². The van der Waals surface area contributed by atoms with Gasteiger partial charge in [0.1, 0.15) is 0 Å². The quantitative estimate of drug-likeness (QED) is 0.733. The average Bonchev–Trinajstić information content (AvgIpc) is 3.11. The Morgan fingerprint density at radius 3 is 2.53 bits per heavy atom. The van der Waals surface area contributed by atoms with Crippen molar-refractivity contribution in [3.63, 3.8) is 0 Å². The molecule has 8 nitrogen and oxygen atoms in total. The molecule has 3 aliphatic rings. The molecule has 2 atom stereocenters. The van der Waals surface area contributed by atoms with Gasteiger partial charge in [0.05, 0.1) is 0 Å². The fourth-order valence-electron chi connectivity index (χ4n) is 4.34. The topological polar surface area (TPSA) is 71.5 Å². The van der Waals surface area contributed by atoms with E-state index in [9.17, 15) is 9.59 Å². The van der Waals surface area contributed by atoms with E-state index in [-0.39, 0.29) is 5.91 Å². The monoisotopic (exact) mass is 410 g/mol. The highest BCUT2D eigenvalue weighted by molar-refractivity contribution is 6.03. The van der Waals surface area contributed by atoms with E-state index < -0.39 is 18.2 Å². The number of carbonyl (C=O) groups is 2. The number of guanidine groups is 1. The number of amides is 3. The molecular weight excluding hydrogens is 380 g/mol. The number of likely N-dealkylation sites (N-methyl/N-ethyl adjacent to an activating group) is 1. The summed E-state index contributed by atoms with van der Waals surface area (Å²) in [6, 6.07) is 9.65. The van der Waals surface area contributed by atoms with Crippen LogP contribution in [-0.4, -0.2) is 96.0 Å². The summed E-state index contributed by atoms with van der Waals surface area (Å²) in [4.78, 5) is 37.7. The second kappa shape index (κ2) is 8.47. The summed E-state index contributed by atoms with van der Waals surface area (Å²) in [5.74, 6) is 0.511. The van der Waals surface area contributed by atoms with Crippen molar-refractivity contribution in [3.8, 4) is 0 Å². The Labute approximate surface area is 177 Å². The van der Waals surface area contributed by atoms with Crippen molar-refractivity contribution in [1.29, 1.82) is 0 Å². The lowest BCUT2D eigenvalue weighted by Crippen LogP contribution is -2.64. The van der Waals surface area contributed by atoms with Gasteiger partial charge >= 0.3 is 6.03 Å². The van der Waals surface area contributed by atoms with Crippen LogP contribution in [0.4, 0.5) is 4.79 Å². The Hall–Kier alpha value is -2.87. The summed E-state index contributed by atoms with van der Waals surface area (Å²) >= 11 is 0. The van der Waals surface area contributed by atoms with Gasteiger partial charge in [0, 0.05) is 46.3 Å². The van der Waals surface area contributed by atoms with Crippen molar-refractivity contribution < 1.29 is 9.59 Å². The van der Waals surface area contributed by atoms with Crippen LogP contribution in [-0.2, 0) is 11.2 Å². The highest BCUT2D eigenvalue weighted by Crippen LogP contribution is 2.26. The number of rotatable bonds is 5. The van der Waals surface area contributed by atoms with Gasteiger partial charge in [0.15, 0.2) is 18.2 Å². The molecule has 1 N–H and O–H groups in total. The first-order chi connectivity index (χ1) is 14.4. The van der Waals surface area contributed by atoms with Crippen molar-refractivity contribution >= 4 is 17.9 Å². The molecule has 3 amide bonds. The maximum Gasteiger partial charge on any atom is 0.325 e. The Bertz CT molecular complexity index is 846. The number of piperazine rings is 1. The lowest BCUT2D eigenvalue weighted by atomic mass is 10.1. The third-order valence-corrected chi connectivity index (χ3v) is 5.99. The lowest BCUT2D eigenvalue weighted by molar-refractivity contribution is -0.127. The van der Waals surface area contributed by atoms with Crippen molar-refractivity contribution in [2.45, 2.75) is 25.6 Å². The standard InChI is InChI=1S/C22H30N6O2/c1-16(2)15-28-18-19(25(3)22(30)24-20(18)29)23-21(28)27-13-11-26(12-14-27)10-9-17-7-5-4-6-8-17/h4-8,18-19H,1,9-15H2,2-3H3,(H,24,29,30). The van der Waals surface area contributed by atoms with Crippen LogP contribution in [0.5, 0.6) is 0 Å². The molecule has 0 radical (unpaired) electrons. The van der Waals surface area contributed by atoms with Crippen LogP contribution in [0.3, 0.4) is 0 Å². The summed E-state index contributed by atoms with van der Waals surface area (Å²) in [7, 11) is 1.69. The van der Waals surface area contributed by atoms with Crippen molar-refractivity contribution in [1.82, 2.24) is 24.9 Å². The minimum atomic E-state index is -0.504. The van der Waals surface area contributed by atoms with Crippen LogP contribution < -0.4 is 5.32 Å². The predicted molar refractivity (Wildman–Crippen MR) is 116 cm³/mol. The van der Waals surface area contributed by atoms with E-state index >= 15 is 0 Å². The predicted octanol–water partition coefficient (Wildman–Crippen LogP) is 0.971. The lowest BCUT2D eigenvalue weighted by Gasteiger charge is -2.40. The van der Waals surface area contributed by atoms with Crippen LogP contribution in [0.15, 0.2) is 47.5 Å². The number of aliphatic imine (C=N–C) groups is 1. The first kappa shape index (κ1) is 20.4. The van der Waals surface area contributed by atoms with E-state index in [0.29, 0.717) is 6.54 Å². The molecule has 2 unspecified atom stereocenters. The van der Waals surface area contributed by atoms with Crippen LogP contribution >= 0.6 is 0 Å². The van der Waals surface area contributed by atoms with Crippen LogP contribution in [0, 0.1) is 0 Å². The van der Waals surface area contributed by atoms with Gasteiger partial charge < -0.3 is 14.7 Å². The van der Waals surface area contributed by atoms with Gasteiger partial charge in [-0.15, -0.1) is 0 Å². The molecular formula is C22H30N6O2. The zero-order valence-corrected chi connectivity index (χ0v) is 17.8. The fraction of sp³-hybridized carbons (Fsp3) is 0.500. The largest absolute Gasteiger partial charge is 0.340 e. The molecule has 3 aliphatic heterocycles. The number of carbonyl (C=O) groups excluding carboxylic acids is 2. The summed E-state index contributed by atoms with van der Waals surface area (Å²) in [5.41, 5.74) is 2.31. The maximum absolute atomic E-state index is 12.6. The Kier molecular flexibility index (Phi) is 5.76. The number of imide groups is 1. The number of nitrogens with zero attached hydrogens (tertiary/aromatic N) is 5. The molecule has 0 spiro atoms. The molecule has 0 aliphatic carbocycles. The fourth-order valence-corrected chi connectivity index (χ4v) is 4.34. The summed E-state index contributed by atoms with van der Waals surface area (Å²) in [6.45, 7) is 11.1. The van der Waals surface area contributed by atoms with Crippen molar-refractivity contribution in [2.24, 2.45) is 4.99 Å². The molecule has 160 valence electrons. The van der Waals surface area contributed by atoms with Crippen LogP contribution in [0.25, 0.3) is 0 Å². The van der Waals surface area contributed by atoms with Crippen molar-refractivity contribution in [2.75, 3.05) is 46.3 Å². The third kappa shape index (κ3) is 4.05. The van der Waals surface area contributed by atoms with Gasteiger partial charge in [-0.1, -0.05) is 42.5 Å². The van der Waals surface area contributed by atoms with Gasteiger partial charge in [0.25, 0.3) is 5.91 Å². The first-order valence-electron chi connectivity index (χ1n) is 10.5. The van der Waals surface area contributed by atoms with Gasteiger partial charge in [-0.05, 0) is 18.9 Å². The Morgan fingerprint density at radius 1 is 1.17 bits per heavy atom. The van der Waals surface area contributed by atoms with E-state index in [0.717, 1.165) is 50.7 Å². The Morgan fingerprint density at radius 2 is 1.87 bits per heavy atom. The molecule has 3 heterocycles. The van der Waals surface area contributed by atoms with Gasteiger partial charge in [0.2, 0.25) is 0 Å². The number of benzene rings is 1. The third-order valence-electron chi connectivity index (χ3n) is 5.99. The van der Waals surface area contributed by atoms with E-state index in [1.54, 1.807) is 7.05 Å². The number of urea groups is 1. The summed E-state index contributed by atoms with van der Waals surface area (Å²) < 4.78 is 0. The smallest absolute Gasteiger partial charge is 0.325 e. The zero-order chi connectivity index (χ0) is 21.3. The van der Waals surface area contributed by atoms with Crippen LogP contribution in [0.2, 0.25) is 0 Å². The molecule has 0 bridgehead atoms. The van der Waals surface area contributed by atoms with E-state index in [1.807, 2.05) is 17.9 Å². The van der Waals surface area contributed by atoms with Gasteiger partial charge in [-0.25, -0.2) is 9.79 Å². The molecule has 2 saturated heterocycles. The molecule has 0 saturated carbocycles. The highest BCUT2D eigenvalue weighted by atomic mass is 16.2. The van der Waals surface area contributed by atoms with E-state index in [2.05, 4.69) is 46.0 Å².